The van der Waals surface area contributed by atoms with Gasteiger partial charge in [0.05, 0.1) is 0 Å². The first-order chi connectivity index (χ1) is 26.8. The van der Waals surface area contributed by atoms with Crippen molar-refractivity contribution in [1.29, 1.82) is 0 Å². The smallest absolute Gasteiger partial charge is 0.162 e. The third kappa shape index (κ3) is 7.29. The Morgan fingerprint density at radius 2 is 0.754 bits per heavy atom. The van der Waals surface area contributed by atoms with E-state index in [2.05, 4.69) is 126 Å². The molecule has 0 saturated carbocycles. The van der Waals surface area contributed by atoms with Crippen LogP contribution >= 0.6 is 0 Å². The van der Waals surface area contributed by atoms with Crippen LogP contribution in [0.4, 0.5) is 11.4 Å². The van der Waals surface area contributed by atoms with Crippen molar-refractivity contribution in [1.82, 2.24) is 10.6 Å². The van der Waals surface area contributed by atoms with Crippen LogP contribution in [0.3, 0.4) is 0 Å². The number of hydrogen-bond donors (Lipinski definition) is 2. The number of carbonyl (C=O) groups is 4. The maximum Gasteiger partial charge on any atom is 0.162 e. The predicted molar refractivity (Wildman–Crippen MR) is 227 cm³/mol. The summed E-state index contributed by atoms with van der Waals surface area (Å²) < 4.78 is 0. The molecule has 2 N–H and O–H groups in total. The summed E-state index contributed by atoms with van der Waals surface area (Å²) in [6.07, 6.45) is 7.03. The first-order valence-electron chi connectivity index (χ1n) is 21.3. The molecule has 300 valence electrons. The van der Waals surface area contributed by atoms with Crippen molar-refractivity contribution in [3.05, 3.63) is 105 Å². The lowest BCUT2D eigenvalue weighted by Crippen LogP contribution is -2.42. The molecule has 0 atom stereocenters. The number of carbonyl (C=O) groups excluding carboxylic acids is 4. The first kappa shape index (κ1) is 39.3. The fraction of sp³-hybridized carbons (Fsp3) is 0.520. The number of Topliss-reactive ketones (excluding diaryl/α,β-unsaturated/α-hetero) is 4. The second-order valence-corrected chi connectivity index (χ2v) is 21.1. The van der Waals surface area contributed by atoms with Crippen LogP contribution < -0.4 is 15.5 Å². The molecule has 0 fully saturated rings. The second-order valence-electron chi connectivity index (χ2n) is 21.1. The summed E-state index contributed by atoms with van der Waals surface area (Å²) in [5.74, 6) is -0.209. The fourth-order valence-corrected chi connectivity index (χ4v) is 10.9. The molecule has 2 aromatic rings. The minimum atomic E-state index is -0.370. The van der Waals surface area contributed by atoms with Gasteiger partial charge in [-0.3, -0.25) is 19.2 Å². The number of dihydropyridines is 2. The van der Waals surface area contributed by atoms with E-state index in [1.165, 1.54) is 0 Å². The molecule has 7 heteroatoms. The molecular weight excluding hydrogens is 707 g/mol. The Morgan fingerprint density at radius 1 is 0.474 bits per heavy atom. The molecule has 2 aromatic carbocycles. The molecule has 2 heterocycles. The van der Waals surface area contributed by atoms with E-state index in [1.807, 2.05) is 0 Å². The standard InChI is InChI=1S/C50H61N3O4/c1-10-11-20-53(31-16-12-29(13-17-31)41-43-33(21-47(2,3)25-37(43)54)51-34-22-48(4,5)26-38(55)44(34)41)32-18-14-30(15-19-32)42-45-35(23-49(6,7)27-39(45)56)52-36-24-50(8,9)28-40(57)46(36)42/h12-19,41-42,51-52H,10-11,20-28H2,1-9H3. The number of nitrogens with zero attached hydrogens (tertiary/aromatic N) is 1. The topological polar surface area (TPSA) is 95.6 Å². The van der Waals surface area contributed by atoms with E-state index in [9.17, 15) is 19.2 Å². The van der Waals surface area contributed by atoms with Gasteiger partial charge in [0.25, 0.3) is 0 Å². The SMILES string of the molecule is CCCCN(c1ccc(C2C3=C(CC(C)(C)CC3=O)NC3=C2C(=O)CC(C)(C)C3)cc1)c1ccc(C2C3=C(CC(C)(C)CC3=O)NC3=C2C(=O)CC(C)(C)C3)cc1. The number of hydrogen-bond acceptors (Lipinski definition) is 7. The highest BCUT2D eigenvalue weighted by atomic mass is 16.1. The minimum Gasteiger partial charge on any atom is -0.362 e. The van der Waals surface area contributed by atoms with Gasteiger partial charge in [0.1, 0.15) is 0 Å². The molecule has 0 bridgehead atoms. The first-order valence-corrected chi connectivity index (χ1v) is 21.3. The highest BCUT2D eigenvalue weighted by molar-refractivity contribution is 6.08. The third-order valence-corrected chi connectivity index (χ3v) is 13.2. The molecule has 0 radical (unpaired) electrons. The Morgan fingerprint density at radius 3 is 1.02 bits per heavy atom. The normalized spacial score (nSPS) is 24.1. The molecule has 4 aliphatic carbocycles. The number of benzene rings is 2. The quantitative estimate of drug-likeness (QED) is 0.290. The van der Waals surface area contributed by atoms with Crippen LogP contribution in [0.5, 0.6) is 0 Å². The van der Waals surface area contributed by atoms with Crippen molar-refractivity contribution >= 4 is 34.5 Å². The van der Waals surface area contributed by atoms with Crippen molar-refractivity contribution in [2.45, 2.75) is 138 Å². The van der Waals surface area contributed by atoms with E-state index in [-0.39, 0.29) is 56.6 Å². The monoisotopic (exact) mass is 767 g/mol. The summed E-state index contributed by atoms with van der Waals surface area (Å²) in [7, 11) is 0. The number of nitrogens with one attached hydrogen (secondary N) is 2. The lowest BCUT2D eigenvalue weighted by molar-refractivity contribution is -0.120. The van der Waals surface area contributed by atoms with Crippen molar-refractivity contribution in [3.8, 4) is 0 Å². The van der Waals surface area contributed by atoms with Crippen LogP contribution in [0.25, 0.3) is 0 Å². The molecule has 57 heavy (non-hydrogen) atoms. The molecule has 6 aliphatic rings. The average molecular weight is 768 g/mol. The maximum absolute atomic E-state index is 13.9. The number of rotatable bonds is 7. The minimum absolute atomic E-state index is 0.133. The average Bonchev–Trinajstić information content (AvgIpc) is 3.08. The zero-order chi connectivity index (χ0) is 40.8. The van der Waals surface area contributed by atoms with Gasteiger partial charge < -0.3 is 15.5 Å². The van der Waals surface area contributed by atoms with Gasteiger partial charge in [-0.2, -0.15) is 0 Å². The van der Waals surface area contributed by atoms with Crippen LogP contribution in [-0.2, 0) is 19.2 Å². The molecule has 8 rings (SSSR count). The van der Waals surface area contributed by atoms with Gasteiger partial charge in [0.2, 0.25) is 0 Å². The van der Waals surface area contributed by atoms with Gasteiger partial charge in [-0.25, -0.2) is 0 Å². The zero-order valence-electron chi connectivity index (χ0n) is 35.6. The summed E-state index contributed by atoms with van der Waals surface area (Å²) in [5.41, 5.74) is 10.5. The van der Waals surface area contributed by atoms with E-state index in [0.717, 1.165) is 113 Å². The Kier molecular flexibility index (Phi) is 9.52. The van der Waals surface area contributed by atoms with Gasteiger partial charge in [0, 0.05) is 101 Å². The Labute approximate surface area is 339 Å². The van der Waals surface area contributed by atoms with Crippen LogP contribution in [0.15, 0.2) is 93.6 Å². The summed E-state index contributed by atoms with van der Waals surface area (Å²) >= 11 is 0. The van der Waals surface area contributed by atoms with Crippen LogP contribution in [0.2, 0.25) is 0 Å². The summed E-state index contributed by atoms with van der Waals surface area (Å²) in [5, 5.41) is 7.27. The fourth-order valence-electron chi connectivity index (χ4n) is 10.9. The lowest BCUT2D eigenvalue weighted by atomic mass is 9.64. The Balaban J connectivity index is 1.15. The molecular formula is C50H61N3O4. The van der Waals surface area contributed by atoms with Crippen LogP contribution in [-0.4, -0.2) is 29.7 Å². The number of ketones is 4. The Bertz CT molecular complexity index is 1950. The van der Waals surface area contributed by atoms with E-state index in [0.29, 0.717) is 25.7 Å². The summed E-state index contributed by atoms with van der Waals surface area (Å²) in [6.45, 7) is 20.2. The van der Waals surface area contributed by atoms with Gasteiger partial charge in [-0.15, -0.1) is 0 Å². The Hall–Kier alpha value is -4.52. The van der Waals surface area contributed by atoms with Crippen molar-refractivity contribution in [2.75, 3.05) is 11.4 Å². The second kappa shape index (κ2) is 13.8. The van der Waals surface area contributed by atoms with E-state index in [4.69, 9.17) is 0 Å². The lowest BCUT2D eigenvalue weighted by Gasteiger charge is -2.44. The third-order valence-electron chi connectivity index (χ3n) is 13.2. The molecule has 0 aromatic heterocycles. The van der Waals surface area contributed by atoms with E-state index >= 15 is 0 Å². The molecule has 0 saturated heterocycles. The number of allylic oxidation sites excluding steroid dienone is 8. The number of unbranched alkanes of at least 4 members (excludes halogenated alkanes) is 1. The van der Waals surface area contributed by atoms with Gasteiger partial charge in [-0.1, -0.05) is 93.0 Å². The van der Waals surface area contributed by atoms with Gasteiger partial charge in [0.15, 0.2) is 23.1 Å². The molecule has 0 spiro atoms. The van der Waals surface area contributed by atoms with E-state index < -0.39 is 0 Å². The van der Waals surface area contributed by atoms with E-state index in [1.54, 1.807) is 0 Å². The summed E-state index contributed by atoms with van der Waals surface area (Å²) in [4.78, 5) is 58.0. The van der Waals surface area contributed by atoms with Gasteiger partial charge >= 0.3 is 0 Å². The highest BCUT2D eigenvalue weighted by Crippen LogP contribution is 2.53. The van der Waals surface area contributed by atoms with Crippen molar-refractivity contribution < 1.29 is 19.2 Å². The van der Waals surface area contributed by atoms with Crippen LogP contribution in [0, 0.1) is 21.7 Å². The zero-order valence-corrected chi connectivity index (χ0v) is 35.6. The molecule has 0 unspecified atom stereocenters. The van der Waals surface area contributed by atoms with Crippen molar-refractivity contribution in [3.63, 3.8) is 0 Å². The highest BCUT2D eigenvalue weighted by Gasteiger charge is 2.48. The predicted octanol–water partition coefficient (Wildman–Crippen LogP) is 10.6. The largest absolute Gasteiger partial charge is 0.362 e. The van der Waals surface area contributed by atoms with Crippen molar-refractivity contribution in [2.24, 2.45) is 21.7 Å². The molecule has 0 amide bonds. The summed E-state index contributed by atoms with van der Waals surface area (Å²) in [6, 6.07) is 17.1. The molecule has 7 nitrogen and oxygen atoms in total. The van der Waals surface area contributed by atoms with Crippen LogP contribution in [0.1, 0.15) is 149 Å². The maximum atomic E-state index is 13.9. The number of anilines is 2. The molecule has 2 aliphatic heterocycles. The van der Waals surface area contributed by atoms with Gasteiger partial charge in [-0.05, 0) is 89.2 Å².